The molecule has 0 rings (SSSR count). The second kappa shape index (κ2) is 6.27. The number of hydrogen-bond acceptors (Lipinski definition) is 2. The van der Waals surface area contributed by atoms with Crippen molar-refractivity contribution in [3.8, 4) is 24.7 Å². The van der Waals surface area contributed by atoms with Gasteiger partial charge in [-0.25, -0.2) is 0 Å². The maximum absolute atomic E-state index is 11.2. The topological polar surface area (TPSA) is 46.3 Å². The van der Waals surface area contributed by atoms with Gasteiger partial charge in [0, 0.05) is 13.0 Å². The zero-order valence-corrected chi connectivity index (χ0v) is 6.92. The van der Waals surface area contributed by atoms with Crippen LogP contribution in [0.1, 0.15) is 6.42 Å². The van der Waals surface area contributed by atoms with Gasteiger partial charge >= 0.3 is 0 Å². The van der Waals surface area contributed by atoms with Gasteiger partial charge in [0.1, 0.15) is 0 Å². The molecule has 0 saturated carbocycles. The number of nitrogens with zero attached hydrogens (tertiary/aromatic N) is 1. The lowest BCUT2D eigenvalue weighted by molar-refractivity contribution is -0.129. The number of carbonyl (C=O) groups excluding carboxylic acids is 1. The van der Waals surface area contributed by atoms with Gasteiger partial charge < -0.3 is 10.6 Å². The van der Waals surface area contributed by atoms with Crippen LogP contribution in [0.5, 0.6) is 0 Å². The van der Waals surface area contributed by atoms with E-state index in [1.54, 1.807) is 0 Å². The minimum atomic E-state index is -0.0894. The summed E-state index contributed by atoms with van der Waals surface area (Å²) < 4.78 is 0. The molecule has 0 aromatic heterocycles. The van der Waals surface area contributed by atoms with Crippen molar-refractivity contribution in [2.45, 2.75) is 6.42 Å². The van der Waals surface area contributed by atoms with Crippen LogP contribution in [-0.4, -0.2) is 30.4 Å². The maximum atomic E-state index is 11.2. The van der Waals surface area contributed by atoms with Crippen LogP contribution in [0.4, 0.5) is 0 Å². The van der Waals surface area contributed by atoms with Gasteiger partial charge in [-0.15, -0.1) is 12.8 Å². The van der Waals surface area contributed by atoms with Crippen LogP contribution in [0.2, 0.25) is 0 Å². The van der Waals surface area contributed by atoms with Crippen LogP contribution in [0, 0.1) is 24.7 Å². The second-order valence-electron chi connectivity index (χ2n) is 2.20. The van der Waals surface area contributed by atoms with Crippen molar-refractivity contribution in [1.29, 1.82) is 0 Å². The zero-order valence-electron chi connectivity index (χ0n) is 6.92. The highest BCUT2D eigenvalue weighted by atomic mass is 16.2. The van der Waals surface area contributed by atoms with Crippen molar-refractivity contribution in [1.82, 2.24) is 4.90 Å². The first kappa shape index (κ1) is 10.6. The maximum Gasteiger partial charge on any atom is 0.225 e. The first-order chi connectivity index (χ1) is 5.76. The second-order valence-corrected chi connectivity index (χ2v) is 2.20. The molecule has 0 fully saturated rings. The van der Waals surface area contributed by atoms with Crippen LogP contribution < -0.4 is 5.73 Å². The quantitative estimate of drug-likeness (QED) is 0.566. The molecular weight excluding hydrogens is 152 g/mol. The van der Waals surface area contributed by atoms with E-state index in [2.05, 4.69) is 11.8 Å². The van der Waals surface area contributed by atoms with Gasteiger partial charge in [0.15, 0.2) is 0 Å². The molecule has 2 N–H and O–H groups in total. The van der Waals surface area contributed by atoms with E-state index in [0.29, 0.717) is 13.0 Å². The van der Waals surface area contributed by atoms with Crippen molar-refractivity contribution in [3.63, 3.8) is 0 Å². The minimum Gasteiger partial charge on any atom is -0.330 e. The van der Waals surface area contributed by atoms with Gasteiger partial charge in [0.25, 0.3) is 0 Å². The van der Waals surface area contributed by atoms with E-state index in [4.69, 9.17) is 18.6 Å². The summed E-state index contributed by atoms with van der Waals surface area (Å²) >= 11 is 0. The summed E-state index contributed by atoms with van der Waals surface area (Å²) in [5, 5.41) is 0. The molecule has 12 heavy (non-hydrogen) atoms. The molecule has 3 heteroatoms. The molecule has 0 aromatic carbocycles. The van der Waals surface area contributed by atoms with E-state index in [9.17, 15) is 4.79 Å². The molecule has 0 heterocycles. The Kier molecular flexibility index (Phi) is 5.51. The average molecular weight is 164 g/mol. The zero-order chi connectivity index (χ0) is 9.40. The van der Waals surface area contributed by atoms with Crippen LogP contribution in [0.3, 0.4) is 0 Å². The van der Waals surface area contributed by atoms with Gasteiger partial charge in [-0.1, -0.05) is 11.8 Å². The number of terminal acetylenes is 2. The summed E-state index contributed by atoms with van der Waals surface area (Å²) in [5.41, 5.74) is 5.21. The predicted molar refractivity (Wildman–Crippen MR) is 47.9 cm³/mol. The molecule has 0 radical (unpaired) electrons. The summed E-state index contributed by atoms with van der Waals surface area (Å²) in [7, 11) is 0. The molecule has 64 valence electrons. The van der Waals surface area contributed by atoms with E-state index in [0.717, 1.165) is 0 Å². The Morgan fingerprint density at radius 2 is 1.83 bits per heavy atom. The van der Waals surface area contributed by atoms with E-state index in [1.807, 2.05) is 0 Å². The Morgan fingerprint density at radius 1 is 1.33 bits per heavy atom. The Labute approximate surface area is 72.9 Å². The van der Waals surface area contributed by atoms with E-state index in [-0.39, 0.29) is 19.0 Å². The van der Waals surface area contributed by atoms with E-state index < -0.39 is 0 Å². The lowest BCUT2D eigenvalue weighted by Crippen LogP contribution is -2.32. The molecule has 0 bridgehead atoms. The van der Waals surface area contributed by atoms with Gasteiger partial charge in [-0.05, 0) is 0 Å². The molecular formula is C9H12N2O. The van der Waals surface area contributed by atoms with Crippen LogP contribution in [0.25, 0.3) is 0 Å². The fourth-order valence-electron chi connectivity index (χ4n) is 0.734. The lowest BCUT2D eigenvalue weighted by atomic mass is 10.3. The molecule has 0 aromatic rings. The normalized spacial score (nSPS) is 8.25. The summed E-state index contributed by atoms with van der Waals surface area (Å²) in [4.78, 5) is 12.6. The fourth-order valence-corrected chi connectivity index (χ4v) is 0.734. The van der Waals surface area contributed by atoms with Gasteiger partial charge in [-0.2, -0.15) is 0 Å². The molecule has 0 unspecified atom stereocenters. The molecule has 0 atom stereocenters. The molecule has 3 nitrogen and oxygen atoms in total. The van der Waals surface area contributed by atoms with Crippen molar-refractivity contribution in [3.05, 3.63) is 0 Å². The minimum absolute atomic E-state index is 0.0894. The number of nitrogens with two attached hydrogens (primary N) is 1. The molecule has 0 aliphatic heterocycles. The Balaban J connectivity index is 4.03. The molecule has 0 aliphatic carbocycles. The Morgan fingerprint density at radius 3 is 2.17 bits per heavy atom. The Hall–Kier alpha value is -1.45. The monoisotopic (exact) mass is 164 g/mol. The van der Waals surface area contributed by atoms with E-state index in [1.165, 1.54) is 4.90 Å². The van der Waals surface area contributed by atoms with Crippen molar-refractivity contribution in [2.24, 2.45) is 5.73 Å². The fraction of sp³-hybridized carbons (Fsp3) is 0.444. The number of amides is 1. The third-order valence-corrected chi connectivity index (χ3v) is 1.28. The highest BCUT2D eigenvalue weighted by Crippen LogP contribution is 1.91. The number of rotatable bonds is 4. The third kappa shape index (κ3) is 3.65. The summed E-state index contributed by atoms with van der Waals surface area (Å²) in [6.45, 7) is 0.830. The summed E-state index contributed by atoms with van der Waals surface area (Å²) in [6.07, 6.45) is 10.4. The van der Waals surface area contributed by atoms with Crippen molar-refractivity contribution in [2.75, 3.05) is 19.6 Å². The largest absolute Gasteiger partial charge is 0.330 e. The van der Waals surface area contributed by atoms with Crippen LogP contribution >= 0.6 is 0 Å². The van der Waals surface area contributed by atoms with Crippen LogP contribution in [0.15, 0.2) is 0 Å². The smallest absolute Gasteiger partial charge is 0.225 e. The standard InChI is InChI=1S/C9H12N2O/c1-3-7-11(8-4-2)9(12)5-6-10/h1-2H,5-8,10H2. The predicted octanol–water partition coefficient (Wildman–Crippen LogP) is -0.570. The van der Waals surface area contributed by atoms with Gasteiger partial charge in [-0.3, -0.25) is 4.79 Å². The first-order valence-corrected chi connectivity index (χ1v) is 3.61. The highest BCUT2D eigenvalue weighted by Gasteiger charge is 2.08. The lowest BCUT2D eigenvalue weighted by Gasteiger charge is -2.16. The average Bonchev–Trinajstić information content (AvgIpc) is 2.04. The highest BCUT2D eigenvalue weighted by molar-refractivity contribution is 5.76. The van der Waals surface area contributed by atoms with Crippen LogP contribution in [-0.2, 0) is 4.79 Å². The number of hydrogen-bond donors (Lipinski definition) is 1. The molecule has 0 saturated heterocycles. The first-order valence-electron chi connectivity index (χ1n) is 3.61. The SMILES string of the molecule is C#CCN(CC#C)C(=O)CCN. The summed E-state index contributed by atoms with van der Waals surface area (Å²) in [6, 6.07) is 0. The van der Waals surface area contributed by atoms with E-state index >= 15 is 0 Å². The van der Waals surface area contributed by atoms with Crippen molar-refractivity contribution >= 4 is 5.91 Å². The number of carbonyl (C=O) groups is 1. The molecule has 0 aliphatic rings. The van der Waals surface area contributed by atoms with Gasteiger partial charge in [0.05, 0.1) is 13.1 Å². The molecule has 0 spiro atoms. The van der Waals surface area contributed by atoms with Gasteiger partial charge in [0.2, 0.25) is 5.91 Å². The Bertz CT molecular complexity index is 206. The molecule has 1 amide bonds. The van der Waals surface area contributed by atoms with Crippen molar-refractivity contribution < 1.29 is 4.79 Å². The third-order valence-electron chi connectivity index (χ3n) is 1.28. The summed E-state index contributed by atoms with van der Waals surface area (Å²) in [5.74, 6) is 4.63.